The summed E-state index contributed by atoms with van der Waals surface area (Å²) < 4.78 is 43.2. The number of amides is 1. The van der Waals surface area contributed by atoms with Crippen LogP contribution in [0, 0.1) is 5.82 Å². The number of nitrogens with zero attached hydrogens (tertiary/aromatic N) is 2. The SMILES string of the molecule is O=C(O)CCn1ccc(C(=O)Nc2ccc(F)cc2OC(F)F)n1. The Morgan fingerprint density at radius 1 is 1.33 bits per heavy atom. The molecule has 2 rings (SSSR count). The van der Waals surface area contributed by atoms with Crippen LogP contribution in [-0.4, -0.2) is 33.4 Å². The Balaban J connectivity index is 2.10. The number of benzene rings is 1. The van der Waals surface area contributed by atoms with E-state index in [-0.39, 0.29) is 24.3 Å². The van der Waals surface area contributed by atoms with Gasteiger partial charge in [0.05, 0.1) is 18.7 Å². The van der Waals surface area contributed by atoms with Crippen molar-refractivity contribution in [1.82, 2.24) is 9.78 Å². The fourth-order valence-corrected chi connectivity index (χ4v) is 1.80. The molecule has 10 heteroatoms. The number of halogens is 3. The zero-order valence-corrected chi connectivity index (χ0v) is 12.1. The first-order valence-corrected chi connectivity index (χ1v) is 6.66. The minimum atomic E-state index is -3.18. The lowest BCUT2D eigenvalue weighted by atomic mass is 10.2. The number of carboxylic acid groups (broad SMARTS) is 1. The highest BCUT2D eigenvalue weighted by Gasteiger charge is 2.16. The summed E-state index contributed by atoms with van der Waals surface area (Å²) in [5.74, 6) is -3.09. The number of aryl methyl sites for hydroxylation is 1. The van der Waals surface area contributed by atoms with Crippen molar-refractivity contribution in [2.24, 2.45) is 0 Å². The van der Waals surface area contributed by atoms with Gasteiger partial charge in [-0.3, -0.25) is 14.3 Å². The van der Waals surface area contributed by atoms with E-state index in [0.717, 1.165) is 12.1 Å². The molecular formula is C14H12F3N3O4. The van der Waals surface area contributed by atoms with Crippen LogP contribution in [0.3, 0.4) is 0 Å². The smallest absolute Gasteiger partial charge is 0.387 e. The van der Waals surface area contributed by atoms with E-state index in [4.69, 9.17) is 5.11 Å². The number of nitrogens with one attached hydrogen (secondary N) is 1. The highest BCUT2D eigenvalue weighted by Crippen LogP contribution is 2.27. The van der Waals surface area contributed by atoms with Crippen LogP contribution in [0.1, 0.15) is 16.9 Å². The van der Waals surface area contributed by atoms with Crippen LogP contribution in [0.15, 0.2) is 30.5 Å². The van der Waals surface area contributed by atoms with Crippen LogP contribution >= 0.6 is 0 Å². The van der Waals surface area contributed by atoms with Crippen LogP contribution in [0.4, 0.5) is 18.9 Å². The van der Waals surface area contributed by atoms with Gasteiger partial charge in [-0.2, -0.15) is 13.9 Å². The third-order valence-electron chi connectivity index (χ3n) is 2.84. The molecule has 0 spiro atoms. The van der Waals surface area contributed by atoms with Crippen molar-refractivity contribution < 1.29 is 32.6 Å². The summed E-state index contributed by atoms with van der Waals surface area (Å²) >= 11 is 0. The maximum Gasteiger partial charge on any atom is 0.387 e. The Hall–Kier alpha value is -3.04. The Bertz CT molecular complexity index is 749. The second kappa shape index (κ2) is 7.49. The number of rotatable bonds is 7. The van der Waals surface area contributed by atoms with Crippen molar-refractivity contribution in [2.75, 3.05) is 5.32 Å². The molecule has 1 aromatic carbocycles. The lowest BCUT2D eigenvalue weighted by Gasteiger charge is -2.11. The predicted molar refractivity (Wildman–Crippen MR) is 75.5 cm³/mol. The topological polar surface area (TPSA) is 93.5 Å². The lowest BCUT2D eigenvalue weighted by Crippen LogP contribution is -2.15. The predicted octanol–water partition coefficient (Wildman–Crippen LogP) is 2.35. The maximum absolute atomic E-state index is 13.1. The number of carboxylic acids is 1. The first kappa shape index (κ1) is 17.3. The van der Waals surface area contributed by atoms with Crippen molar-refractivity contribution in [3.63, 3.8) is 0 Å². The number of ether oxygens (including phenoxy) is 1. The molecule has 128 valence electrons. The van der Waals surface area contributed by atoms with Crippen LogP contribution in [0.25, 0.3) is 0 Å². The maximum atomic E-state index is 13.1. The van der Waals surface area contributed by atoms with Crippen molar-refractivity contribution >= 4 is 17.6 Å². The van der Waals surface area contributed by atoms with Crippen molar-refractivity contribution in [3.8, 4) is 5.75 Å². The summed E-state index contributed by atoms with van der Waals surface area (Å²) in [6.07, 6.45) is 1.23. The normalized spacial score (nSPS) is 10.7. The Morgan fingerprint density at radius 2 is 2.08 bits per heavy atom. The Labute approximate surface area is 133 Å². The lowest BCUT2D eigenvalue weighted by molar-refractivity contribution is -0.137. The number of carbonyl (C=O) groups is 2. The first-order valence-electron chi connectivity index (χ1n) is 6.66. The van der Waals surface area contributed by atoms with Gasteiger partial charge in [-0.15, -0.1) is 0 Å². The van der Waals surface area contributed by atoms with Gasteiger partial charge >= 0.3 is 12.6 Å². The van der Waals surface area contributed by atoms with E-state index >= 15 is 0 Å². The standard InChI is InChI=1S/C14H12F3N3O4/c15-8-1-2-9(11(7-8)24-14(16)17)18-13(23)10-3-5-20(19-10)6-4-12(21)22/h1-3,5,7,14H,4,6H2,(H,18,23)(H,21,22). The fourth-order valence-electron chi connectivity index (χ4n) is 1.80. The summed E-state index contributed by atoms with van der Waals surface area (Å²) in [6.45, 7) is -3.11. The Morgan fingerprint density at radius 3 is 2.75 bits per heavy atom. The molecule has 24 heavy (non-hydrogen) atoms. The van der Waals surface area contributed by atoms with E-state index in [1.807, 2.05) is 0 Å². The van der Waals surface area contributed by atoms with Crippen LogP contribution in [0.5, 0.6) is 5.75 Å². The molecule has 0 unspecified atom stereocenters. The molecule has 7 nitrogen and oxygen atoms in total. The molecule has 1 amide bonds. The highest BCUT2D eigenvalue weighted by atomic mass is 19.3. The molecule has 0 atom stereocenters. The molecule has 0 saturated carbocycles. The zero-order chi connectivity index (χ0) is 17.7. The van der Waals surface area contributed by atoms with Crippen molar-refractivity contribution in [2.45, 2.75) is 19.6 Å². The summed E-state index contributed by atoms with van der Waals surface area (Å²) in [6, 6.07) is 4.09. The second-order valence-corrected chi connectivity index (χ2v) is 4.58. The van der Waals surface area contributed by atoms with Gasteiger partial charge in [0.25, 0.3) is 5.91 Å². The quantitative estimate of drug-likeness (QED) is 0.805. The molecule has 0 saturated heterocycles. The second-order valence-electron chi connectivity index (χ2n) is 4.58. The average Bonchev–Trinajstić information content (AvgIpc) is 2.96. The summed E-state index contributed by atoms with van der Waals surface area (Å²) in [5.41, 5.74) is -0.213. The molecule has 2 N–H and O–H groups in total. The van der Waals surface area contributed by atoms with Gasteiger partial charge in [0.15, 0.2) is 11.4 Å². The number of carbonyl (C=O) groups excluding carboxylic acids is 1. The van der Waals surface area contributed by atoms with E-state index in [9.17, 15) is 22.8 Å². The van der Waals surface area contributed by atoms with Gasteiger partial charge in [0, 0.05) is 12.3 Å². The molecular weight excluding hydrogens is 331 g/mol. The van der Waals surface area contributed by atoms with E-state index < -0.39 is 30.1 Å². The van der Waals surface area contributed by atoms with Crippen LogP contribution in [0.2, 0.25) is 0 Å². The molecule has 0 aliphatic rings. The molecule has 2 aromatic rings. The first-order chi connectivity index (χ1) is 11.3. The Kier molecular flexibility index (Phi) is 5.40. The number of hydrogen-bond acceptors (Lipinski definition) is 4. The summed E-state index contributed by atoms with van der Waals surface area (Å²) in [7, 11) is 0. The van der Waals surface area contributed by atoms with Crippen molar-refractivity contribution in [3.05, 3.63) is 42.0 Å². The third-order valence-corrected chi connectivity index (χ3v) is 2.84. The third kappa shape index (κ3) is 4.73. The van der Waals surface area contributed by atoms with E-state index in [1.54, 1.807) is 0 Å². The van der Waals surface area contributed by atoms with E-state index in [0.29, 0.717) is 6.07 Å². The number of hydrogen-bond donors (Lipinski definition) is 2. The average molecular weight is 343 g/mol. The number of aromatic nitrogens is 2. The minimum Gasteiger partial charge on any atom is -0.481 e. The highest BCUT2D eigenvalue weighted by molar-refractivity contribution is 6.03. The largest absolute Gasteiger partial charge is 0.481 e. The molecule has 0 bridgehead atoms. The van der Waals surface area contributed by atoms with Gasteiger partial charge in [0.1, 0.15) is 5.82 Å². The van der Waals surface area contributed by atoms with Gasteiger partial charge in [0.2, 0.25) is 0 Å². The van der Waals surface area contributed by atoms with Crippen LogP contribution in [-0.2, 0) is 11.3 Å². The van der Waals surface area contributed by atoms with Gasteiger partial charge in [-0.1, -0.05) is 0 Å². The van der Waals surface area contributed by atoms with Crippen LogP contribution < -0.4 is 10.1 Å². The van der Waals surface area contributed by atoms with E-state index in [1.165, 1.54) is 16.9 Å². The zero-order valence-electron chi connectivity index (χ0n) is 12.1. The monoisotopic (exact) mass is 343 g/mol. The molecule has 0 fully saturated rings. The molecule has 1 heterocycles. The van der Waals surface area contributed by atoms with E-state index in [2.05, 4.69) is 15.2 Å². The van der Waals surface area contributed by atoms with Gasteiger partial charge in [-0.25, -0.2) is 4.39 Å². The number of aliphatic carboxylic acids is 1. The molecule has 0 aliphatic heterocycles. The minimum absolute atomic E-state index is 0.0623. The molecule has 1 aromatic heterocycles. The van der Waals surface area contributed by atoms with Gasteiger partial charge in [-0.05, 0) is 18.2 Å². The van der Waals surface area contributed by atoms with Crippen molar-refractivity contribution in [1.29, 1.82) is 0 Å². The number of anilines is 1. The fraction of sp³-hybridized carbons (Fsp3) is 0.214. The van der Waals surface area contributed by atoms with Gasteiger partial charge < -0.3 is 15.2 Å². The molecule has 0 aliphatic carbocycles. The molecule has 0 radical (unpaired) electrons. The summed E-state index contributed by atoms with van der Waals surface area (Å²) in [5, 5.41) is 14.7. The number of alkyl halides is 2. The summed E-state index contributed by atoms with van der Waals surface area (Å²) in [4.78, 5) is 22.5.